The second kappa shape index (κ2) is 4.43. The van der Waals surface area contributed by atoms with Crippen LogP contribution in [0.15, 0.2) is 30.1 Å². The van der Waals surface area contributed by atoms with Crippen LogP contribution in [0.1, 0.15) is 6.92 Å². The Morgan fingerprint density at radius 3 is 3.15 bits per heavy atom. The molecule has 2 N–H and O–H groups in total. The van der Waals surface area contributed by atoms with Crippen LogP contribution >= 0.6 is 12.2 Å². The van der Waals surface area contributed by atoms with E-state index in [2.05, 4.69) is 10.3 Å². The van der Waals surface area contributed by atoms with Gasteiger partial charge in [0.15, 0.2) is 0 Å². The van der Waals surface area contributed by atoms with E-state index in [4.69, 9.17) is 17.5 Å². The summed E-state index contributed by atoms with van der Waals surface area (Å²) in [4.78, 5) is 2.87. The van der Waals surface area contributed by atoms with Gasteiger partial charge in [-0.3, -0.25) is 0 Å². The predicted molar refractivity (Wildman–Crippen MR) is 54.6 cm³/mol. The van der Waals surface area contributed by atoms with Crippen molar-refractivity contribution in [1.82, 2.24) is 4.98 Å². The molecule has 0 bridgehead atoms. The van der Waals surface area contributed by atoms with Gasteiger partial charge in [-0.05, 0) is 19.1 Å². The molecule has 0 aliphatic rings. The van der Waals surface area contributed by atoms with Gasteiger partial charge in [0.1, 0.15) is 4.64 Å². The Kier molecular flexibility index (Phi) is 3.23. The lowest BCUT2D eigenvalue weighted by Crippen LogP contribution is -1.94. The van der Waals surface area contributed by atoms with E-state index in [-0.39, 0.29) is 0 Å². The summed E-state index contributed by atoms with van der Waals surface area (Å²) in [5, 5.41) is 11.4. The van der Waals surface area contributed by atoms with Crippen LogP contribution in [-0.4, -0.2) is 4.98 Å². The van der Waals surface area contributed by atoms with E-state index in [1.165, 1.54) is 6.08 Å². The number of aromatic nitrogens is 1. The molecule has 4 heteroatoms. The topological polar surface area (TPSA) is 51.6 Å². The maximum atomic E-state index is 8.38. The van der Waals surface area contributed by atoms with Gasteiger partial charge in [0.2, 0.25) is 0 Å². The molecule has 0 saturated heterocycles. The second-order valence-electron chi connectivity index (χ2n) is 2.52. The van der Waals surface area contributed by atoms with Gasteiger partial charge >= 0.3 is 0 Å². The van der Waals surface area contributed by atoms with Crippen molar-refractivity contribution in [3.63, 3.8) is 0 Å². The van der Waals surface area contributed by atoms with E-state index in [1.807, 2.05) is 19.1 Å². The fraction of sp³-hybridized carbons (Fsp3) is 0.111. The maximum absolute atomic E-state index is 8.38. The number of pyridine rings is 1. The number of hydrogen-bond acceptors (Lipinski definition) is 3. The summed E-state index contributed by atoms with van der Waals surface area (Å²) in [5.74, 6) is 0. The highest BCUT2D eigenvalue weighted by Gasteiger charge is 1.90. The minimum absolute atomic E-state index is 0.662. The van der Waals surface area contributed by atoms with Crippen molar-refractivity contribution < 1.29 is 0 Å². The highest BCUT2D eigenvalue weighted by molar-refractivity contribution is 7.71. The van der Waals surface area contributed by atoms with Crippen LogP contribution in [-0.2, 0) is 0 Å². The van der Waals surface area contributed by atoms with Gasteiger partial charge < -0.3 is 10.3 Å². The summed E-state index contributed by atoms with van der Waals surface area (Å²) in [7, 11) is 0. The van der Waals surface area contributed by atoms with Gasteiger partial charge in [0.05, 0.1) is 6.07 Å². The van der Waals surface area contributed by atoms with Gasteiger partial charge in [-0.2, -0.15) is 5.26 Å². The van der Waals surface area contributed by atoms with Gasteiger partial charge in [-0.25, -0.2) is 0 Å². The number of nitriles is 1. The number of aromatic amines is 1. The van der Waals surface area contributed by atoms with Crippen LogP contribution in [0, 0.1) is 16.0 Å². The molecule has 0 aromatic carbocycles. The van der Waals surface area contributed by atoms with Gasteiger partial charge in [0, 0.05) is 23.7 Å². The van der Waals surface area contributed by atoms with Crippen LogP contribution in [0.4, 0.5) is 5.69 Å². The summed E-state index contributed by atoms with van der Waals surface area (Å²) in [6.45, 7) is 1.82. The third kappa shape index (κ3) is 3.09. The number of hydrogen-bond donors (Lipinski definition) is 2. The van der Waals surface area contributed by atoms with Crippen LogP contribution < -0.4 is 5.32 Å². The summed E-state index contributed by atoms with van der Waals surface area (Å²) < 4.78 is 0.662. The fourth-order valence-electron chi connectivity index (χ4n) is 0.883. The summed E-state index contributed by atoms with van der Waals surface area (Å²) in [6, 6.07) is 5.59. The maximum Gasteiger partial charge on any atom is 0.105 e. The van der Waals surface area contributed by atoms with Gasteiger partial charge in [0.25, 0.3) is 0 Å². The van der Waals surface area contributed by atoms with Crippen LogP contribution in [0.5, 0.6) is 0 Å². The summed E-state index contributed by atoms with van der Waals surface area (Å²) >= 11 is 4.94. The van der Waals surface area contributed by atoms with E-state index in [1.54, 1.807) is 12.3 Å². The normalized spacial score (nSPS) is 10.6. The SMILES string of the molecule is CC(=CC#N)Nc1cc[nH]c(=S)c1. The van der Waals surface area contributed by atoms with E-state index in [9.17, 15) is 0 Å². The van der Waals surface area contributed by atoms with Crippen LogP contribution in [0.2, 0.25) is 0 Å². The van der Waals surface area contributed by atoms with Crippen molar-refractivity contribution in [1.29, 1.82) is 5.26 Å². The molecular formula is C9H9N3S. The van der Waals surface area contributed by atoms with Crippen molar-refractivity contribution in [2.24, 2.45) is 0 Å². The minimum Gasteiger partial charge on any atom is -0.358 e. The molecule has 0 fully saturated rings. The van der Waals surface area contributed by atoms with Gasteiger partial charge in [-0.15, -0.1) is 0 Å². The lowest BCUT2D eigenvalue weighted by atomic mass is 10.3. The third-order valence-electron chi connectivity index (χ3n) is 1.40. The van der Waals surface area contributed by atoms with Gasteiger partial charge in [-0.1, -0.05) is 12.2 Å². The average molecular weight is 191 g/mol. The van der Waals surface area contributed by atoms with Crippen molar-refractivity contribution in [2.45, 2.75) is 6.92 Å². The van der Waals surface area contributed by atoms with E-state index in [0.29, 0.717) is 4.64 Å². The Bertz CT molecular complexity index is 411. The monoisotopic (exact) mass is 191 g/mol. The minimum atomic E-state index is 0.662. The first-order valence-corrected chi connectivity index (χ1v) is 4.15. The first-order chi connectivity index (χ1) is 6.22. The van der Waals surface area contributed by atoms with Crippen LogP contribution in [0.25, 0.3) is 0 Å². The Balaban J connectivity index is 2.82. The Labute approximate surface area is 81.7 Å². The lowest BCUT2D eigenvalue weighted by Gasteiger charge is -2.03. The molecule has 1 aromatic heterocycles. The summed E-state index contributed by atoms with van der Waals surface area (Å²) in [5.41, 5.74) is 1.68. The quantitative estimate of drug-likeness (QED) is 0.558. The number of nitrogens with zero attached hydrogens (tertiary/aromatic N) is 1. The zero-order valence-electron chi connectivity index (χ0n) is 7.16. The molecule has 3 nitrogen and oxygen atoms in total. The molecular weight excluding hydrogens is 182 g/mol. The standard InChI is InChI=1S/C9H9N3S/c1-7(2-4-10)12-8-3-5-11-9(13)6-8/h2-3,5-6H,1H3,(H2,11,12,13). The molecule has 1 rings (SSSR count). The Hall–Kier alpha value is -1.60. The Morgan fingerprint density at radius 1 is 1.77 bits per heavy atom. The highest BCUT2D eigenvalue weighted by Crippen LogP contribution is 2.07. The molecule has 13 heavy (non-hydrogen) atoms. The molecule has 66 valence electrons. The van der Waals surface area contributed by atoms with E-state index < -0.39 is 0 Å². The molecule has 0 aliphatic carbocycles. The first kappa shape index (κ1) is 9.49. The van der Waals surface area contributed by atoms with Crippen molar-refractivity contribution in [3.8, 4) is 6.07 Å². The molecule has 0 saturated carbocycles. The molecule has 0 atom stereocenters. The Morgan fingerprint density at radius 2 is 2.54 bits per heavy atom. The number of allylic oxidation sites excluding steroid dienone is 2. The molecule has 0 amide bonds. The molecule has 0 radical (unpaired) electrons. The van der Waals surface area contributed by atoms with Crippen molar-refractivity contribution in [3.05, 3.63) is 34.7 Å². The molecule has 0 aliphatic heterocycles. The molecule has 0 spiro atoms. The summed E-state index contributed by atoms with van der Waals surface area (Å²) in [6.07, 6.45) is 3.20. The second-order valence-corrected chi connectivity index (χ2v) is 2.96. The third-order valence-corrected chi connectivity index (χ3v) is 1.63. The number of anilines is 1. The number of nitrogens with one attached hydrogen (secondary N) is 2. The largest absolute Gasteiger partial charge is 0.358 e. The smallest absolute Gasteiger partial charge is 0.105 e. The van der Waals surface area contributed by atoms with Crippen molar-refractivity contribution in [2.75, 3.05) is 5.32 Å². The lowest BCUT2D eigenvalue weighted by molar-refractivity contribution is 1.28. The predicted octanol–water partition coefficient (Wildman–Crippen LogP) is 2.58. The first-order valence-electron chi connectivity index (χ1n) is 3.74. The fourth-order valence-corrected chi connectivity index (χ4v) is 1.08. The van der Waals surface area contributed by atoms with E-state index >= 15 is 0 Å². The van der Waals surface area contributed by atoms with E-state index in [0.717, 1.165) is 11.4 Å². The number of rotatable bonds is 2. The highest BCUT2D eigenvalue weighted by atomic mass is 32.1. The van der Waals surface area contributed by atoms with Crippen LogP contribution in [0.3, 0.4) is 0 Å². The molecule has 1 heterocycles. The zero-order chi connectivity index (χ0) is 9.68. The molecule has 0 unspecified atom stereocenters. The van der Waals surface area contributed by atoms with Crippen molar-refractivity contribution >= 4 is 17.9 Å². The molecule has 1 aromatic rings. The number of H-pyrrole nitrogens is 1. The average Bonchev–Trinajstić information content (AvgIpc) is 2.04. The zero-order valence-corrected chi connectivity index (χ0v) is 7.98.